The molecule has 1 N–H and O–H groups in total. The SMILES string of the molecule is CCc1nc2ccccc2n1CC(=O)Nc1ccccc1SCC(F)(F)F. The fourth-order valence-corrected chi connectivity index (χ4v) is 3.53. The minimum Gasteiger partial charge on any atom is -0.324 e. The maximum Gasteiger partial charge on any atom is 0.398 e. The van der Waals surface area contributed by atoms with Crippen molar-refractivity contribution in [3.8, 4) is 0 Å². The molecule has 0 unspecified atom stereocenters. The summed E-state index contributed by atoms with van der Waals surface area (Å²) in [7, 11) is 0. The van der Waals surface area contributed by atoms with Gasteiger partial charge in [0.15, 0.2) is 0 Å². The van der Waals surface area contributed by atoms with Crippen LogP contribution in [0.1, 0.15) is 12.7 Å². The zero-order valence-corrected chi connectivity index (χ0v) is 15.4. The number of rotatable bonds is 6. The number of aromatic nitrogens is 2. The average Bonchev–Trinajstić information content (AvgIpc) is 2.98. The minimum atomic E-state index is -4.27. The van der Waals surface area contributed by atoms with Crippen LogP contribution in [0, 0.1) is 0 Å². The second kappa shape index (κ2) is 8.04. The Morgan fingerprint density at radius 2 is 1.85 bits per heavy atom. The molecule has 3 rings (SSSR count). The van der Waals surface area contributed by atoms with Gasteiger partial charge < -0.3 is 9.88 Å². The molecule has 0 aliphatic carbocycles. The Morgan fingerprint density at radius 1 is 1.15 bits per heavy atom. The molecule has 1 heterocycles. The number of para-hydroxylation sites is 3. The first kappa shape index (κ1) is 19.3. The Kier molecular flexibility index (Phi) is 5.74. The predicted molar refractivity (Wildman–Crippen MR) is 101 cm³/mol. The lowest BCUT2D eigenvalue weighted by Crippen LogP contribution is -2.20. The number of imidazole rings is 1. The highest BCUT2D eigenvalue weighted by Crippen LogP contribution is 2.32. The third-order valence-corrected chi connectivity index (χ3v) is 5.04. The Balaban J connectivity index is 1.77. The number of nitrogens with one attached hydrogen (secondary N) is 1. The summed E-state index contributed by atoms with van der Waals surface area (Å²) in [5.74, 6) is -0.537. The highest BCUT2D eigenvalue weighted by molar-refractivity contribution is 7.99. The molecular weight excluding hydrogens is 375 g/mol. The first-order chi connectivity index (χ1) is 12.9. The van der Waals surface area contributed by atoms with Gasteiger partial charge in [0.05, 0.1) is 22.5 Å². The number of halogens is 3. The van der Waals surface area contributed by atoms with Gasteiger partial charge in [0.1, 0.15) is 12.4 Å². The van der Waals surface area contributed by atoms with E-state index < -0.39 is 11.9 Å². The van der Waals surface area contributed by atoms with Gasteiger partial charge in [-0.1, -0.05) is 31.2 Å². The van der Waals surface area contributed by atoms with Crippen LogP contribution >= 0.6 is 11.8 Å². The number of carbonyl (C=O) groups excluding carboxylic acids is 1. The van der Waals surface area contributed by atoms with E-state index in [1.807, 2.05) is 35.8 Å². The smallest absolute Gasteiger partial charge is 0.324 e. The van der Waals surface area contributed by atoms with Crippen molar-refractivity contribution in [2.75, 3.05) is 11.1 Å². The van der Waals surface area contributed by atoms with Gasteiger partial charge in [-0.3, -0.25) is 4.79 Å². The molecule has 0 atom stereocenters. The van der Waals surface area contributed by atoms with Crippen molar-refractivity contribution >= 4 is 34.4 Å². The fourth-order valence-electron chi connectivity index (χ4n) is 2.76. The van der Waals surface area contributed by atoms with Gasteiger partial charge in [-0.15, -0.1) is 11.8 Å². The van der Waals surface area contributed by atoms with Gasteiger partial charge in [-0.2, -0.15) is 13.2 Å². The number of benzene rings is 2. The molecule has 2 aromatic carbocycles. The first-order valence-corrected chi connectivity index (χ1v) is 9.38. The maximum absolute atomic E-state index is 12.6. The highest BCUT2D eigenvalue weighted by Gasteiger charge is 2.27. The van der Waals surface area contributed by atoms with Crippen LogP contribution in [0.15, 0.2) is 53.4 Å². The van der Waals surface area contributed by atoms with Crippen LogP contribution in [0.4, 0.5) is 18.9 Å². The van der Waals surface area contributed by atoms with Crippen LogP contribution in [0.2, 0.25) is 0 Å². The lowest BCUT2D eigenvalue weighted by atomic mass is 10.3. The van der Waals surface area contributed by atoms with Gasteiger partial charge in [0.2, 0.25) is 5.91 Å². The molecule has 27 heavy (non-hydrogen) atoms. The summed E-state index contributed by atoms with van der Waals surface area (Å²) in [6, 6.07) is 14.0. The fraction of sp³-hybridized carbons (Fsp3) is 0.263. The van der Waals surface area contributed by atoms with Crippen LogP contribution in [0.5, 0.6) is 0 Å². The molecular formula is C19H18F3N3OS. The zero-order valence-electron chi connectivity index (χ0n) is 14.6. The van der Waals surface area contributed by atoms with Gasteiger partial charge >= 0.3 is 6.18 Å². The predicted octanol–water partition coefficient (Wildman–Crippen LogP) is 4.89. The second-order valence-electron chi connectivity index (χ2n) is 5.90. The lowest BCUT2D eigenvalue weighted by molar-refractivity contribution is -0.116. The van der Waals surface area contributed by atoms with Crippen LogP contribution < -0.4 is 5.32 Å². The Hall–Kier alpha value is -2.48. The van der Waals surface area contributed by atoms with Crippen molar-refractivity contribution < 1.29 is 18.0 Å². The molecule has 1 amide bonds. The standard InChI is InChI=1S/C19H18F3N3OS/c1-2-17-23-13-7-3-5-9-15(13)25(17)11-18(26)24-14-8-4-6-10-16(14)27-12-19(20,21)22/h3-10H,2,11-12H2,1H3,(H,24,26). The molecule has 1 aromatic heterocycles. The number of anilines is 1. The van der Waals surface area contributed by atoms with E-state index in [9.17, 15) is 18.0 Å². The molecule has 8 heteroatoms. The number of hydrogen-bond acceptors (Lipinski definition) is 3. The van der Waals surface area contributed by atoms with E-state index in [1.165, 1.54) is 0 Å². The quantitative estimate of drug-likeness (QED) is 0.607. The number of nitrogens with zero attached hydrogens (tertiary/aromatic N) is 2. The van der Waals surface area contributed by atoms with Crippen molar-refractivity contribution in [1.82, 2.24) is 9.55 Å². The molecule has 0 spiro atoms. The number of alkyl halides is 3. The van der Waals surface area contributed by atoms with Gasteiger partial charge in [0.25, 0.3) is 0 Å². The van der Waals surface area contributed by atoms with Crippen LogP contribution in [0.25, 0.3) is 11.0 Å². The topological polar surface area (TPSA) is 46.9 Å². The number of carbonyl (C=O) groups is 1. The summed E-state index contributed by atoms with van der Waals surface area (Å²) in [6.45, 7) is 2.00. The van der Waals surface area contributed by atoms with Crippen molar-refractivity contribution in [3.63, 3.8) is 0 Å². The summed E-state index contributed by atoms with van der Waals surface area (Å²) in [4.78, 5) is 17.5. The zero-order chi connectivity index (χ0) is 19.4. The molecule has 0 bridgehead atoms. The Morgan fingerprint density at radius 3 is 2.59 bits per heavy atom. The number of fused-ring (bicyclic) bond motifs is 1. The summed E-state index contributed by atoms with van der Waals surface area (Å²) < 4.78 is 39.3. The molecule has 0 aliphatic rings. The van der Waals surface area contributed by atoms with Crippen LogP contribution in [-0.2, 0) is 17.8 Å². The van der Waals surface area contributed by atoms with Crippen LogP contribution in [-0.4, -0.2) is 27.4 Å². The van der Waals surface area contributed by atoms with Crippen molar-refractivity contribution in [3.05, 3.63) is 54.4 Å². The minimum absolute atomic E-state index is 0.0436. The van der Waals surface area contributed by atoms with E-state index in [-0.39, 0.29) is 12.5 Å². The average molecular weight is 393 g/mol. The van der Waals surface area contributed by atoms with Crippen molar-refractivity contribution in [2.45, 2.75) is 31.0 Å². The second-order valence-corrected chi connectivity index (χ2v) is 6.92. The molecule has 0 fully saturated rings. The van der Waals surface area contributed by atoms with E-state index in [2.05, 4.69) is 10.3 Å². The van der Waals surface area contributed by atoms with Gasteiger partial charge in [0, 0.05) is 11.3 Å². The lowest BCUT2D eigenvalue weighted by Gasteiger charge is -2.13. The summed E-state index contributed by atoms with van der Waals surface area (Å²) in [5.41, 5.74) is 2.03. The van der Waals surface area contributed by atoms with E-state index in [0.29, 0.717) is 28.8 Å². The first-order valence-electron chi connectivity index (χ1n) is 8.40. The summed E-state index contributed by atoms with van der Waals surface area (Å²) in [5, 5.41) is 2.73. The largest absolute Gasteiger partial charge is 0.398 e. The third-order valence-electron chi connectivity index (χ3n) is 3.90. The summed E-state index contributed by atoms with van der Waals surface area (Å²) in [6.07, 6.45) is -3.60. The maximum atomic E-state index is 12.6. The number of thioether (sulfide) groups is 1. The van der Waals surface area contributed by atoms with Crippen molar-refractivity contribution in [1.29, 1.82) is 0 Å². The molecule has 3 aromatic rings. The third kappa shape index (κ3) is 4.82. The van der Waals surface area contributed by atoms with E-state index in [4.69, 9.17) is 0 Å². The van der Waals surface area contributed by atoms with E-state index >= 15 is 0 Å². The molecule has 0 saturated heterocycles. The monoisotopic (exact) mass is 393 g/mol. The van der Waals surface area contributed by atoms with Crippen LogP contribution in [0.3, 0.4) is 0 Å². The molecule has 4 nitrogen and oxygen atoms in total. The Bertz CT molecular complexity index is 953. The van der Waals surface area contributed by atoms with E-state index in [0.717, 1.165) is 16.9 Å². The molecule has 0 saturated carbocycles. The van der Waals surface area contributed by atoms with Gasteiger partial charge in [-0.25, -0.2) is 4.98 Å². The van der Waals surface area contributed by atoms with Gasteiger partial charge in [-0.05, 0) is 24.3 Å². The number of hydrogen-bond donors (Lipinski definition) is 1. The molecule has 0 aliphatic heterocycles. The highest BCUT2D eigenvalue weighted by atomic mass is 32.2. The van der Waals surface area contributed by atoms with Crippen molar-refractivity contribution in [2.24, 2.45) is 0 Å². The summed E-state index contributed by atoms with van der Waals surface area (Å²) >= 11 is 0.655. The molecule has 0 radical (unpaired) electrons. The normalized spacial score (nSPS) is 11.7. The number of amides is 1. The Labute approximate surface area is 158 Å². The number of aryl methyl sites for hydroxylation is 1. The molecule has 142 valence electrons. The van der Waals surface area contributed by atoms with E-state index in [1.54, 1.807) is 24.3 Å².